The molecule has 96 valence electrons. The molecule has 0 bridgehead atoms. The third kappa shape index (κ3) is 3.48. The number of halogens is 2. The summed E-state index contributed by atoms with van der Waals surface area (Å²) in [5, 5.41) is 0.321. The van der Waals surface area contributed by atoms with Gasteiger partial charge in [-0.25, -0.2) is 0 Å². The van der Waals surface area contributed by atoms with Gasteiger partial charge in [0.05, 0.1) is 10.0 Å². The van der Waals surface area contributed by atoms with Gasteiger partial charge in [-0.15, -0.1) is 0 Å². The molecule has 7 heteroatoms. The van der Waals surface area contributed by atoms with Crippen LogP contribution in [0.15, 0.2) is 18.2 Å². The van der Waals surface area contributed by atoms with Gasteiger partial charge < -0.3 is 4.18 Å². The van der Waals surface area contributed by atoms with E-state index in [4.69, 9.17) is 27.4 Å². The molecule has 0 N–H and O–H groups in total. The van der Waals surface area contributed by atoms with Crippen molar-refractivity contribution in [3.05, 3.63) is 28.2 Å². The van der Waals surface area contributed by atoms with E-state index in [2.05, 4.69) is 0 Å². The largest absolute Gasteiger partial charge is 0.385 e. The van der Waals surface area contributed by atoms with Crippen molar-refractivity contribution in [3.8, 4) is 5.75 Å². The Morgan fingerprint density at radius 2 is 1.65 bits per heavy atom. The number of benzene rings is 1. The SMILES string of the molecule is CCN(CC)S(=O)(=O)Oc1c(Cl)cccc1Cl. The van der Waals surface area contributed by atoms with Gasteiger partial charge in [0, 0.05) is 13.1 Å². The molecule has 0 saturated carbocycles. The zero-order valence-electron chi connectivity index (χ0n) is 9.48. The van der Waals surface area contributed by atoms with Gasteiger partial charge in [-0.05, 0) is 12.1 Å². The second kappa shape index (κ2) is 5.91. The lowest BCUT2D eigenvalue weighted by Crippen LogP contribution is -2.34. The molecule has 1 aromatic carbocycles. The number of nitrogens with zero attached hydrogens (tertiary/aromatic N) is 1. The Balaban J connectivity index is 3.06. The van der Waals surface area contributed by atoms with Crippen LogP contribution < -0.4 is 4.18 Å². The van der Waals surface area contributed by atoms with Crippen LogP contribution in [0, 0.1) is 0 Å². The first kappa shape index (κ1) is 14.6. The van der Waals surface area contributed by atoms with Crippen LogP contribution in [0.4, 0.5) is 0 Å². The van der Waals surface area contributed by atoms with Crippen molar-refractivity contribution in [1.82, 2.24) is 4.31 Å². The molecule has 4 nitrogen and oxygen atoms in total. The van der Waals surface area contributed by atoms with Crippen LogP contribution >= 0.6 is 23.2 Å². The van der Waals surface area contributed by atoms with E-state index in [1.807, 2.05) is 0 Å². The molecule has 0 aliphatic rings. The monoisotopic (exact) mass is 297 g/mol. The molecule has 0 unspecified atom stereocenters. The van der Waals surface area contributed by atoms with Crippen molar-refractivity contribution in [2.24, 2.45) is 0 Å². The maximum atomic E-state index is 11.9. The molecule has 0 saturated heterocycles. The van der Waals surface area contributed by atoms with Crippen molar-refractivity contribution in [1.29, 1.82) is 0 Å². The summed E-state index contributed by atoms with van der Waals surface area (Å²) < 4.78 is 29.8. The molecule has 1 aromatic rings. The van der Waals surface area contributed by atoms with Gasteiger partial charge in [0.2, 0.25) is 0 Å². The summed E-state index contributed by atoms with van der Waals surface area (Å²) in [6.07, 6.45) is 0. The van der Waals surface area contributed by atoms with E-state index in [-0.39, 0.29) is 15.8 Å². The van der Waals surface area contributed by atoms with E-state index in [1.165, 1.54) is 16.4 Å². The minimum atomic E-state index is -3.86. The van der Waals surface area contributed by atoms with E-state index in [0.717, 1.165) is 0 Å². The molecule has 17 heavy (non-hydrogen) atoms. The summed E-state index contributed by atoms with van der Waals surface area (Å²) in [6.45, 7) is 4.08. The lowest BCUT2D eigenvalue weighted by atomic mass is 10.3. The molecular formula is C10H13Cl2NO3S. The van der Waals surface area contributed by atoms with E-state index in [0.29, 0.717) is 13.1 Å². The highest BCUT2D eigenvalue weighted by Crippen LogP contribution is 2.33. The van der Waals surface area contributed by atoms with Gasteiger partial charge in [-0.1, -0.05) is 43.1 Å². The van der Waals surface area contributed by atoms with Gasteiger partial charge in [0.15, 0.2) is 5.75 Å². The molecule has 0 radical (unpaired) electrons. The zero-order chi connectivity index (χ0) is 13.1. The average molecular weight is 298 g/mol. The summed E-state index contributed by atoms with van der Waals surface area (Å²) in [5.41, 5.74) is 0. The van der Waals surface area contributed by atoms with Crippen molar-refractivity contribution >= 4 is 33.5 Å². The summed E-state index contributed by atoms with van der Waals surface area (Å²) in [4.78, 5) is 0. The Bertz CT molecular complexity index is 466. The number of hydrogen-bond acceptors (Lipinski definition) is 3. The topological polar surface area (TPSA) is 46.6 Å². The third-order valence-corrected chi connectivity index (χ3v) is 4.25. The van der Waals surface area contributed by atoms with Crippen molar-refractivity contribution in [2.45, 2.75) is 13.8 Å². The van der Waals surface area contributed by atoms with Crippen LogP contribution in [0.2, 0.25) is 10.0 Å². The highest BCUT2D eigenvalue weighted by Gasteiger charge is 2.23. The molecular weight excluding hydrogens is 285 g/mol. The molecule has 0 atom stereocenters. The summed E-state index contributed by atoms with van der Waals surface area (Å²) in [6, 6.07) is 4.64. The predicted octanol–water partition coefficient (Wildman–Crippen LogP) is 2.96. The molecule has 0 amide bonds. The number of hydrogen-bond donors (Lipinski definition) is 0. The normalized spacial score (nSPS) is 11.8. The standard InChI is InChI=1S/C10H13Cl2NO3S/c1-3-13(4-2)17(14,15)16-10-8(11)6-5-7-9(10)12/h5-7H,3-4H2,1-2H3. The lowest BCUT2D eigenvalue weighted by Gasteiger charge is -2.18. The third-order valence-electron chi connectivity index (χ3n) is 2.13. The Kier molecular flexibility index (Phi) is 5.06. The van der Waals surface area contributed by atoms with E-state index < -0.39 is 10.3 Å². The van der Waals surface area contributed by atoms with E-state index >= 15 is 0 Å². The first-order chi connectivity index (χ1) is 7.92. The first-order valence-corrected chi connectivity index (χ1v) is 7.18. The van der Waals surface area contributed by atoms with Crippen molar-refractivity contribution < 1.29 is 12.6 Å². The van der Waals surface area contributed by atoms with Gasteiger partial charge in [0.25, 0.3) is 0 Å². The van der Waals surface area contributed by atoms with Crippen LogP contribution in [0.3, 0.4) is 0 Å². The fraction of sp³-hybridized carbons (Fsp3) is 0.400. The average Bonchev–Trinajstić information content (AvgIpc) is 2.25. The van der Waals surface area contributed by atoms with Gasteiger partial charge in [-0.2, -0.15) is 12.7 Å². The molecule has 0 aromatic heterocycles. The minimum Gasteiger partial charge on any atom is -0.368 e. The lowest BCUT2D eigenvalue weighted by molar-refractivity contribution is 0.376. The predicted molar refractivity (Wildman–Crippen MR) is 68.9 cm³/mol. The first-order valence-electron chi connectivity index (χ1n) is 5.06. The molecule has 0 heterocycles. The molecule has 0 spiro atoms. The van der Waals surface area contributed by atoms with Crippen LogP contribution in [-0.2, 0) is 10.3 Å². The highest BCUT2D eigenvalue weighted by atomic mass is 35.5. The molecule has 1 rings (SSSR count). The van der Waals surface area contributed by atoms with Crippen LogP contribution in [0.1, 0.15) is 13.8 Å². The van der Waals surface area contributed by atoms with Gasteiger partial charge in [-0.3, -0.25) is 0 Å². The van der Waals surface area contributed by atoms with Crippen molar-refractivity contribution in [2.75, 3.05) is 13.1 Å². The fourth-order valence-corrected chi connectivity index (χ4v) is 2.95. The Labute approximate surface area is 111 Å². The second-order valence-electron chi connectivity index (χ2n) is 3.18. The molecule has 0 fully saturated rings. The smallest absolute Gasteiger partial charge is 0.368 e. The minimum absolute atomic E-state index is 0.0391. The highest BCUT2D eigenvalue weighted by molar-refractivity contribution is 7.84. The molecule has 0 aliphatic heterocycles. The Morgan fingerprint density at radius 3 is 2.06 bits per heavy atom. The van der Waals surface area contributed by atoms with E-state index in [1.54, 1.807) is 19.9 Å². The number of para-hydroxylation sites is 1. The quantitative estimate of drug-likeness (QED) is 0.839. The van der Waals surface area contributed by atoms with Crippen LogP contribution in [0.5, 0.6) is 5.75 Å². The second-order valence-corrected chi connectivity index (χ2v) is 5.53. The van der Waals surface area contributed by atoms with Crippen molar-refractivity contribution in [3.63, 3.8) is 0 Å². The summed E-state index contributed by atoms with van der Waals surface area (Å²) in [5.74, 6) is -0.0391. The maximum absolute atomic E-state index is 11.9. The Hall–Kier alpha value is -0.490. The van der Waals surface area contributed by atoms with Gasteiger partial charge in [0.1, 0.15) is 0 Å². The van der Waals surface area contributed by atoms with Gasteiger partial charge >= 0.3 is 10.3 Å². The summed E-state index contributed by atoms with van der Waals surface area (Å²) in [7, 11) is -3.86. The van der Waals surface area contributed by atoms with E-state index in [9.17, 15) is 8.42 Å². The summed E-state index contributed by atoms with van der Waals surface area (Å²) >= 11 is 11.7. The number of rotatable bonds is 5. The maximum Gasteiger partial charge on any atom is 0.385 e. The fourth-order valence-electron chi connectivity index (χ4n) is 1.26. The van der Waals surface area contributed by atoms with Crippen LogP contribution in [0.25, 0.3) is 0 Å². The molecule has 0 aliphatic carbocycles. The van der Waals surface area contributed by atoms with Crippen LogP contribution in [-0.4, -0.2) is 25.8 Å². The zero-order valence-corrected chi connectivity index (χ0v) is 11.8. The Morgan fingerprint density at radius 1 is 1.18 bits per heavy atom.